The monoisotopic (exact) mass is 369 g/mol. The smallest absolute Gasteiger partial charge is 0.414 e. The zero-order valence-electron chi connectivity index (χ0n) is 15.9. The summed E-state index contributed by atoms with van der Waals surface area (Å²) in [5, 5.41) is 0. The molecule has 0 spiro atoms. The van der Waals surface area contributed by atoms with Gasteiger partial charge >= 0.3 is 6.09 Å². The quantitative estimate of drug-likeness (QED) is 0.603. The minimum absolute atomic E-state index is 0.279. The van der Waals surface area contributed by atoms with Gasteiger partial charge < -0.3 is 9.72 Å². The summed E-state index contributed by atoms with van der Waals surface area (Å²) >= 11 is 0. The molecule has 6 heteroatoms. The number of hydrogen-bond acceptors (Lipinski definition) is 3. The predicted octanol–water partition coefficient (Wildman–Crippen LogP) is 5.26. The summed E-state index contributed by atoms with van der Waals surface area (Å²) in [4.78, 5) is 22.2. The molecule has 0 aliphatic carbocycles. The number of benzene rings is 1. The number of fused-ring (bicyclic) bond motifs is 1. The first kappa shape index (κ1) is 18.9. The Kier molecular flexibility index (Phi) is 5.74. The van der Waals surface area contributed by atoms with E-state index >= 15 is 0 Å². The number of aromatic nitrogens is 2. The first-order chi connectivity index (χ1) is 13.0. The number of hydrogen-bond donors (Lipinski definition) is 1. The van der Waals surface area contributed by atoms with Crippen LogP contribution < -0.4 is 4.90 Å². The number of amides is 1. The van der Waals surface area contributed by atoms with E-state index in [1.165, 1.54) is 12.1 Å². The van der Waals surface area contributed by atoms with Crippen molar-refractivity contribution in [3.63, 3.8) is 0 Å². The van der Waals surface area contributed by atoms with Gasteiger partial charge in [0.15, 0.2) is 0 Å². The summed E-state index contributed by atoms with van der Waals surface area (Å²) < 4.78 is 18.7. The maximum atomic E-state index is 13.2. The van der Waals surface area contributed by atoms with Crippen LogP contribution in [0.2, 0.25) is 0 Å². The molecule has 27 heavy (non-hydrogen) atoms. The van der Waals surface area contributed by atoms with E-state index in [0.717, 1.165) is 40.7 Å². The first-order valence-corrected chi connectivity index (χ1v) is 9.14. The number of unbranched alkanes of at least 4 members (excludes halogenated alkanes) is 1. The van der Waals surface area contributed by atoms with E-state index in [2.05, 4.69) is 9.97 Å². The Bertz CT molecular complexity index is 934. The van der Waals surface area contributed by atoms with Gasteiger partial charge in [0.05, 0.1) is 29.9 Å². The van der Waals surface area contributed by atoms with Crippen LogP contribution in [0, 0.1) is 19.7 Å². The SMILES string of the molecule is CCCCOC(=O)N(Cc1ccc(F)cc1)c1ccnc2c(C)c(C)[nH]c12. The second-order valence-corrected chi connectivity index (χ2v) is 6.61. The lowest BCUT2D eigenvalue weighted by molar-refractivity contribution is 0.151. The molecule has 1 aromatic carbocycles. The fourth-order valence-corrected chi connectivity index (χ4v) is 2.95. The van der Waals surface area contributed by atoms with E-state index in [4.69, 9.17) is 4.74 Å². The number of nitrogens with zero attached hydrogens (tertiary/aromatic N) is 2. The van der Waals surface area contributed by atoms with E-state index in [-0.39, 0.29) is 12.4 Å². The van der Waals surface area contributed by atoms with Crippen molar-refractivity contribution in [1.82, 2.24) is 9.97 Å². The highest BCUT2D eigenvalue weighted by Gasteiger charge is 2.22. The average molecular weight is 369 g/mol. The fraction of sp³-hybridized carbons (Fsp3) is 0.333. The minimum Gasteiger partial charge on any atom is -0.449 e. The zero-order chi connectivity index (χ0) is 19.4. The molecule has 2 heterocycles. The normalized spacial score (nSPS) is 11.0. The van der Waals surface area contributed by atoms with Crippen molar-refractivity contribution in [2.24, 2.45) is 0 Å². The Hall–Kier alpha value is -2.89. The van der Waals surface area contributed by atoms with Crippen LogP contribution in [0.3, 0.4) is 0 Å². The van der Waals surface area contributed by atoms with Crippen molar-refractivity contribution in [2.45, 2.75) is 40.2 Å². The summed E-state index contributed by atoms with van der Waals surface area (Å²) in [5.41, 5.74) is 5.19. The molecule has 142 valence electrons. The number of aryl methyl sites for hydroxylation is 2. The van der Waals surface area contributed by atoms with Gasteiger partial charge in [-0.05, 0) is 49.6 Å². The van der Waals surface area contributed by atoms with Crippen molar-refractivity contribution in [1.29, 1.82) is 0 Å². The molecule has 0 fully saturated rings. The molecule has 1 amide bonds. The third kappa shape index (κ3) is 4.10. The van der Waals surface area contributed by atoms with Gasteiger partial charge in [0.2, 0.25) is 0 Å². The Balaban J connectivity index is 1.99. The number of anilines is 1. The van der Waals surface area contributed by atoms with Crippen LogP contribution in [-0.4, -0.2) is 22.7 Å². The molecule has 3 aromatic rings. The van der Waals surface area contributed by atoms with Crippen molar-refractivity contribution in [2.75, 3.05) is 11.5 Å². The lowest BCUT2D eigenvalue weighted by Gasteiger charge is -2.23. The van der Waals surface area contributed by atoms with E-state index in [0.29, 0.717) is 12.3 Å². The lowest BCUT2D eigenvalue weighted by Crippen LogP contribution is -2.31. The molecule has 2 aromatic heterocycles. The summed E-state index contributed by atoms with van der Waals surface area (Å²) in [7, 11) is 0. The summed E-state index contributed by atoms with van der Waals surface area (Å²) in [6.07, 6.45) is 3.02. The van der Waals surface area contributed by atoms with Crippen LogP contribution >= 0.6 is 0 Å². The van der Waals surface area contributed by atoms with Crippen LogP contribution in [0.1, 0.15) is 36.6 Å². The van der Waals surface area contributed by atoms with Gasteiger partial charge in [0, 0.05) is 11.9 Å². The van der Waals surface area contributed by atoms with Gasteiger partial charge in [0.1, 0.15) is 5.82 Å². The highest BCUT2D eigenvalue weighted by molar-refractivity contribution is 5.99. The van der Waals surface area contributed by atoms with Gasteiger partial charge in [-0.2, -0.15) is 0 Å². The molecule has 0 radical (unpaired) electrons. The van der Waals surface area contributed by atoms with Gasteiger partial charge in [-0.25, -0.2) is 9.18 Å². The fourth-order valence-electron chi connectivity index (χ4n) is 2.95. The highest BCUT2D eigenvalue weighted by Crippen LogP contribution is 2.30. The van der Waals surface area contributed by atoms with Gasteiger partial charge in [0.25, 0.3) is 0 Å². The van der Waals surface area contributed by atoms with Gasteiger partial charge in [-0.1, -0.05) is 25.5 Å². The van der Waals surface area contributed by atoms with Gasteiger partial charge in [-0.3, -0.25) is 9.88 Å². The van der Waals surface area contributed by atoms with E-state index < -0.39 is 6.09 Å². The van der Waals surface area contributed by atoms with Crippen molar-refractivity contribution < 1.29 is 13.9 Å². The molecule has 0 aliphatic heterocycles. The van der Waals surface area contributed by atoms with Crippen molar-refractivity contribution in [3.05, 3.63) is 59.2 Å². The molecule has 0 saturated heterocycles. The van der Waals surface area contributed by atoms with E-state index in [9.17, 15) is 9.18 Å². The zero-order valence-corrected chi connectivity index (χ0v) is 15.9. The second kappa shape index (κ2) is 8.20. The van der Waals surface area contributed by atoms with E-state index in [1.54, 1.807) is 29.3 Å². The van der Waals surface area contributed by atoms with E-state index in [1.807, 2.05) is 20.8 Å². The van der Waals surface area contributed by atoms with Crippen LogP contribution in [0.5, 0.6) is 0 Å². The summed E-state index contributed by atoms with van der Waals surface area (Å²) in [6, 6.07) is 7.92. The molecule has 0 aliphatic rings. The molecule has 1 N–H and O–H groups in total. The Morgan fingerprint density at radius 1 is 1.22 bits per heavy atom. The number of aromatic amines is 1. The lowest BCUT2D eigenvalue weighted by atomic mass is 10.2. The highest BCUT2D eigenvalue weighted by atomic mass is 19.1. The molecule has 0 unspecified atom stereocenters. The third-order valence-electron chi connectivity index (χ3n) is 4.65. The summed E-state index contributed by atoms with van der Waals surface area (Å²) in [6.45, 7) is 6.66. The number of pyridine rings is 1. The molecule has 0 bridgehead atoms. The Morgan fingerprint density at radius 3 is 2.67 bits per heavy atom. The molecular weight excluding hydrogens is 345 g/mol. The average Bonchev–Trinajstić information content (AvgIpc) is 2.96. The molecule has 3 rings (SSSR count). The standard InChI is InChI=1S/C21H24FN3O2/c1-4-5-12-27-21(26)25(13-16-6-8-17(22)9-7-16)18-10-11-23-19-14(2)15(3)24-20(18)19/h6-11,24H,4-5,12-13H2,1-3H3. The van der Waals surface area contributed by atoms with Crippen molar-refractivity contribution >= 4 is 22.8 Å². The molecule has 0 atom stereocenters. The maximum Gasteiger partial charge on any atom is 0.414 e. The topological polar surface area (TPSA) is 58.2 Å². The Labute approximate surface area is 158 Å². The second-order valence-electron chi connectivity index (χ2n) is 6.61. The number of halogens is 1. The number of carbonyl (C=O) groups is 1. The molecular formula is C21H24FN3O2. The summed E-state index contributed by atoms with van der Waals surface area (Å²) in [5.74, 6) is -0.308. The van der Waals surface area contributed by atoms with Crippen LogP contribution in [0.25, 0.3) is 11.0 Å². The molecule has 5 nitrogen and oxygen atoms in total. The van der Waals surface area contributed by atoms with Crippen molar-refractivity contribution in [3.8, 4) is 0 Å². The van der Waals surface area contributed by atoms with Gasteiger partial charge in [-0.15, -0.1) is 0 Å². The van der Waals surface area contributed by atoms with Crippen LogP contribution in [0.4, 0.5) is 14.9 Å². The third-order valence-corrected chi connectivity index (χ3v) is 4.65. The number of rotatable bonds is 6. The molecule has 0 saturated carbocycles. The minimum atomic E-state index is -0.426. The first-order valence-electron chi connectivity index (χ1n) is 9.14. The predicted molar refractivity (Wildman–Crippen MR) is 104 cm³/mol. The number of ether oxygens (including phenoxy) is 1. The number of nitrogens with one attached hydrogen (secondary N) is 1. The van der Waals surface area contributed by atoms with Crippen LogP contribution in [-0.2, 0) is 11.3 Å². The largest absolute Gasteiger partial charge is 0.449 e. The number of carbonyl (C=O) groups excluding carboxylic acids is 1. The Morgan fingerprint density at radius 2 is 1.96 bits per heavy atom. The number of H-pyrrole nitrogens is 1. The van der Waals surface area contributed by atoms with Crippen LogP contribution in [0.15, 0.2) is 36.5 Å². The maximum absolute atomic E-state index is 13.2.